The predicted octanol–water partition coefficient (Wildman–Crippen LogP) is 0.581. The van der Waals surface area contributed by atoms with Crippen LogP contribution in [0.5, 0.6) is 0 Å². The van der Waals surface area contributed by atoms with E-state index in [1.165, 1.54) is 5.56 Å². The van der Waals surface area contributed by atoms with Gasteiger partial charge in [0.2, 0.25) is 12.4 Å². The van der Waals surface area contributed by atoms with Crippen molar-refractivity contribution in [3.05, 3.63) is 29.6 Å². The number of nitrogens with zero attached hydrogens (tertiary/aromatic N) is 2. The van der Waals surface area contributed by atoms with Crippen molar-refractivity contribution >= 4 is 0 Å². The largest absolute Gasteiger partial charge is 0.305 e. The van der Waals surface area contributed by atoms with Gasteiger partial charge in [-0.3, -0.25) is 5.21 Å². The molecule has 1 heterocycles. The lowest BCUT2D eigenvalue weighted by Crippen LogP contribution is -2.30. The van der Waals surface area contributed by atoms with Crippen LogP contribution in [0.4, 0.5) is 0 Å². The van der Waals surface area contributed by atoms with Crippen molar-refractivity contribution in [1.82, 2.24) is 4.90 Å². The minimum absolute atomic E-state index is 0.854. The molecule has 3 heteroatoms. The first-order valence-corrected chi connectivity index (χ1v) is 3.94. The third kappa shape index (κ3) is 2.20. The maximum absolute atomic E-state index is 9.15. The molecule has 0 aromatic carbocycles. The quantitative estimate of drug-likeness (QED) is 0.515. The van der Waals surface area contributed by atoms with E-state index in [-0.39, 0.29) is 0 Å². The van der Waals surface area contributed by atoms with Crippen LogP contribution in [0.15, 0.2) is 18.5 Å². The molecule has 0 atom stereocenters. The van der Waals surface area contributed by atoms with E-state index >= 15 is 0 Å². The van der Waals surface area contributed by atoms with Crippen LogP contribution in [-0.4, -0.2) is 24.2 Å². The van der Waals surface area contributed by atoms with Gasteiger partial charge in [-0.25, -0.2) is 0 Å². The van der Waals surface area contributed by atoms with Gasteiger partial charge in [-0.15, -0.1) is 0 Å². The molecule has 0 aliphatic heterocycles. The van der Waals surface area contributed by atoms with Crippen LogP contribution >= 0.6 is 0 Å². The number of aryl methyl sites for hydroxylation is 1. The summed E-state index contributed by atoms with van der Waals surface area (Å²) in [6.07, 6.45) is 3.36. The van der Waals surface area contributed by atoms with E-state index in [1.807, 2.05) is 27.1 Å². The van der Waals surface area contributed by atoms with E-state index in [0.29, 0.717) is 0 Å². The Balaban J connectivity index is 2.90. The van der Waals surface area contributed by atoms with Crippen molar-refractivity contribution in [3.63, 3.8) is 0 Å². The maximum Gasteiger partial charge on any atom is 0.227 e. The number of aromatic nitrogens is 1. The normalized spacial score (nSPS) is 10.7. The molecule has 0 saturated heterocycles. The van der Waals surface area contributed by atoms with Gasteiger partial charge in [0, 0.05) is 22.9 Å². The zero-order chi connectivity index (χ0) is 9.14. The fourth-order valence-electron chi connectivity index (χ4n) is 1.11. The summed E-state index contributed by atoms with van der Waals surface area (Å²) >= 11 is 0. The third-order valence-corrected chi connectivity index (χ3v) is 1.76. The van der Waals surface area contributed by atoms with E-state index in [1.54, 1.807) is 12.4 Å². The number of hydrogen-bond acceptors (Lipinski definition) is 2. The molecule has 0 aliphatic carbocycles. The minimum atomic E-state index is 0.854. The Labute approximate surface area is 72.8 Å². The van der Waals surface area contributed by atoms with Gasteiger partial charge in [0.05, 0.1) is 0 Å². The second kappa shape index (κ2) is 3.54. The van der Waals surface area contributed by atoms with Gasteiger partial charge in [0.25, 0.3) is 0 Å². The highest BCUT2D eigenvalue weighted by atomic mass is 16.5. The molecule has 0 bridgehead atoms. The fourth-order valence-corrected chi connectivity index (χ4v) is 1.11. The highest BCUT2D eigenvalue weighted by molar-refractivity contribution is 5.18. The summed E-state index contributed by atoms with van der Waals surface area (Å²) in [6.45, 7) is 2.89. The van der Waals surface area contributed by atoms with Crippen molar-refractivity contribution in [1.29, 1.82) is 0 Å². The first kappa shape index (κ1) is 9.00. The van der Waals surface area contributed by atoms with E-state index in [2.05, 4.69) is 4.90 Å². The molecule has 0 fully saturated rings. The zero-order valence-electron chi connectivity index (χ0n) is 7.78. The summed E-state index contributed by atoms with van der Waals surface area (Å²) in [5.41, 5.74) is 2.35. The van der Waals surface area contributed by atoms with Gasteiger partial charge in [0.15, 0.2) is 0 Å². The molecule has 1 aromatic rings. The SMILES string of the molecule is Cc1cc[n+](O)cc1CN(C)C. The molecule has 12 heavy (non-hydrogen) atoms. The zero-order valence-corrected chi connectivity index (χ0v) is 7.78. The van der Waals surface area contributed by atoms with Crippen LogP contribution in [0.3, 0.4) is 0 Å². The lowest BCUT2D eigenvalue weighted by atomic mass is 10.1. The average Bonchev–Trinajstić information content (AvgIpc) is 1.96. The van der Waals surface area contributed by atoms with Crippen LogP contribution in [0.25, 0.3) is 0 Å². The van der Waals surface area contributed by atoms with Gasteiger partial charge in [-0.2, -0.15) is 0 Å². The van der Waals surface area contributed by atoms with Gasteiger partial charge < -0.3 is 4.90 Å². The number of rotatable bonds is 2. The summed E-state index contributed by atoms with van der Waals surface area (Å²) < 4.78 is 1.09. The van der Waals surface area contributed by atoms with Crippen LogP contribution in [0.1, 0.15) is 11.1 Å². The molecule has 1 aromatic heterocycles. The minimum Gasteiger partial charge on any atom is -0.305 e. The Morgan fingerprint density at radius 2 is 2.17 bits per heavy atom. The van der Waals surface area contributed by atoms with Crippen LogP contribution in [0.2, 0.25) is 0 Å². The molecule has 0 radical (unpaired) electrons. The summed E-state index contributed by atoms with van der Waals surface area (Å²) in [7, 11) is 4.02. The van der Waals surface area contributed by atoms with Gasteiger partial charge in [-0.1, -0.05) is 0 Å². The molecule has 0 unspecified atom stereocenters. The van der Waals surface area contributed by atoms with Crippen molar-refractivity contribution in [2.75, 3.05) is 14.1 Å². The molecule has 0 spiro atoms. The van der Waals surface area contributed by atoms with E-state index in [9.17, 15) is 0 Å². The number of hydrogen-bond donors (Lipinski definition) is 1. The smallest absolute Gasteiger partial charge is 0.227 e. The highest BCUT2D eigenvalue weighted by Crippen LogP contribution is 2.05. The van der Waals surface area contributed by atoms with Gasteiger partial charge >= 0.3 is 0 Å². The molecule has 1 rings (SSSR count). The maximum atomic E-state index is 9.15. The second-order valence-corrected chi connectivity index (χ2v) is 3.27. The first-order chi connectivity index (χ1) is 5.59. The molecule has 1 N–H and O–H groups in total. The Hall–Kier alpha value is -1.09. The molecular formula is C9H15N2O+. The summed E-state index contributed by atoms with van der Waals surface area (Å²) in [5.74, 6) is 0. The molecule has 3 nitrogen and oxygen atoms in total. The lowest BCUT2D eigenvalue weighted by Gasteiger charge is -2.09. The molecule has 66 valence electrons. The standard InChI is InChI=1S/C9H15N2O/c1-8-4-5-11(12)7-9(8)6-10(2)3/h4-5,7,12H,6H2,1-3H3/q+1. The molecule has 0 saturated carbocycles. The fraction of sp³-hybridized carbons (Fsp3) is 0.444. The predicted molar refractivity (Wildman–Crippen MR) is 45.9 cm³/mol. The molecule has 0 aliphatic rings. The highest BCUT2D eigenvalue weighted by Gasteiger charge is 2.05. The summed E-state index contributed by atoms with van der Waals surface area (Å²) in [4.78, 5) is 2.07. The third-order valence-electron chi connectivity index (χ3n) is 1.76. The Morgan fingerprint density at radius 1 is 1.50 bits per heavy atom. The summed E-state index contributed by atoms with van der Waals surface area (Å²) in [6, 6.07) is 1.90. The Kier molecular flexibility index (Phi) is 2.65. The van der Waals surface area contributed by atoms with Crippen molar-refractivity contribution in [2.45, 2.75) is 13.5 Å². The van der Waals surface area contributed by atoms with Gasteiger partial charge in [0.1, 0.15) is 0 Å². The first-order valence-electron chi connectivity index (χ1n) is 3.94. The monoisotopic (exact) mass is 167 g/mol. The van der Waals surface area contributed by atoms with E-state index in [4.69, 9.17) is 5.21 Å². The molecular weight excluding hydrogens is 152 g/mol. The summed E-state index contributed by atoms with van der Waals surface area (Å²) in [5, 5.41) is 9.15. The van der Waals surface area contributed by atoms with Crippen LogP contribution in [-0.2, 0) is 6.54 Å². The Bertz CT molecular complexity index is 271. The average molecular weight is 167 g/mol. The molecule has 0 amide bonds. The van der Waals surface area contributed by atoms with E-state index in [0.717, 1.165) is 16.8 Å². The topological polar surface area (TPSA) is 27.4 Å². The van der Waals surface area contributed by atoms with Crippen molar-refractivity contribution < 1.29 is 9.94 Å². The number of pyridine rings is 1. The second-order valence-electron chi connectivity index (χ2n) is 3.27. The Morgan fingerprint density at radius 3 is 2.75 bits per heavy atom. The van der Waals surface area contributed by atoms with Gasteiger partial charge in [-0.05, 0) is 26.6 Å². The van der Waals surface area contributed by atoms with Crippen molar-refractivity contribution in [2.24, 2.45) is 0 Å². The van der Waals surface area contributed by atoms with Crippen LogP contribution in [0, 0.1) is 6.92 Å². The van der Waals surface area contributed by atoms with E-state index < -0.39 is 0 Å². The van der Waals surface area contributed by atoms with Crippen LogP contribution < -0.4 is 4.73 Å². The lowest BCUT2D eigenvalue weighted by molar-refractivity contribution is -0.905. The van der Waals surface area contributed by atoms with Crippen molar-refractivity contribution in [3.8, 4) is 0 Å².